The lowest BCUT2D eigenvalue weighted by atomic mass is 10.2. The van der Waals surface area contributed by atoms with Crippen molar-refractivity contribution in [3.05, 3.63) is 64.7 Å². The Morgan fingerprint density at radius 3 is 2.41 bits per heavy atom. The maximum Gasteiger partial charge on any atom is 0.255 e. The van der Waals surface area contributed by atoms with E-state index in [0.29, 0.717) is 22.9 Å². The Morgan fingerprint density at radius 1 is 1.04 bits per heavy atom. The molecule has 2 aromatic carbocycles. The molecule has 27 heavy (non-hydrogen) atoms. The van der Waals surface area contributed by atoms with Crippen LogP contribution in [0.15, 0.2) is 48.5 Å². The Labute approximate surface area is 162 Å². The van der Waals surface area contributed by atoms with Crippen LogP contribution in [0, 0.1) is 0 Å². The number of para-hydroxylation sites is 1. The van der Waals surface area contributed by atoms with E-state index < -0.39 is 0 Å². The van der Waals surface area contributed by atoms with Gasteiger partial charge in [-0.2, -0.15) is 0 Å². The summed E-state index contributed by atoms with van der Waals surface area (Å²) >= 11 is 5.87. The van der Waals surface area contributed by atoms with Gasteiger partial charge in [-0.3, -0.25) is 19.3 Å². The number of ether oxygens (including phenoxy) is 1. The predicted octanol–water partition coefficient (Wildman–Crippen LogP) is 2.80. The Morgan fingerprint density at radius 2 is 1.70 bits per heavy atom. The fourth-order valence-electron chi connectivity index (χ4n) is 2.77. The number of hydrogen-bond acceptors (Lipinski definition) is 4. The largest absolute Gasteiger partial charge is 0.488 e. The van der Waals surface area contributed by atoms with Crippen LogP contribution >= 0.6 is 11.6 Å². The molecule has 0 saturated carbocycles. The normalized spacial score (nSPS) is 13.7. The fourth-order valence-corrected chi connectivity index (χ4v) is 2.90. The van der Waals surface area contributed by atoms with Crippen molar-refractivity contribution in [3.8, 4) is 5.75 Å². The molecule has 2 aromatic rings. The van der Waals surface area contributed by atoms with Gasteiger partial charge < -0.3 is 10.1 Å². The van der Waals surface area contributed by atoms with E-state index in [1.165, 1.54) is 4.90 Å². The number of nitrogens with one attached hydrogen (secondary N) is 1. The molecular formula is C20H19ClN2O4. The zero-order valence-electron chi connectivity index (χ0n) is 14.6. The number of likely N-dealkylation sites (tertiary alicyclic amines) is 1. The smallest absolute Gasteiger partial charge is 0.255 e. The maximum absolute atomic E-state index is 12.5. The van der Waals surface area contributed by atoms with E-state index in [9.17, 15) is 14.4 Å². The van der Waals surface area contributed by atoms with Gasteiger partial charge in [0.1, 0.15) is 12.4 Å². The monoisotopic (exact) mass is 386 g/mol. The third-order valence-electron chi connectivity index (χ3n) is 4.22. The average molecular weight is 387 g/mol. The van der Waals surface area contributed by atoms with Crippen LogP contribution in [-0.2, 0) is 16.2 Å². The van der Waals surface area contributed by atoms with Gasteiger partial charge in [0.05, 0.1) is 5.56 Å². The first kappa shape index (κ1) is 18.9. The molecule has 1 saturated heterocycles. The van der Waals surface area contributed by atoms with E-state index in [2.05, 4.69) is 5.32 Å². The summed E-state index contributed by atoms with van der Waals surface area (Å²) in [5.74, 6) is -0.249. The van der Waals surface area contributed by atoms with Gasteiger partial charge in [0.15, 0.2) is 0 Å². The van der Waals surface area contributed by atoms with Crippen molar-refractivity contribution in [2.75, 3.05) is 13.1 Å². The van der Waals surface area contributed by atoms with Crippen LogP contribution in [0.5, 0.6) is 5.75 Å². The Hall–Kier alpha value is -2.86. The summed E-state index contributed by atoms with van der Waals surface area (Å²) in [5.41, 5.74) is 1.33. The van der Waals surface area contributed by atoms with Crippen LogP contribution in [0.25, 0.3) is 0 Å². The van der Waals surface area contributed by atoms with Crippen LogP contribution in [0.3, 0.4) is 0 Å². The number of benzene rings is 2. The molecule has 0 unspecified atom stereocenters. The van der Waals surface area contributed by atoms with Gasteiger partial charge in [-0.25, -0.2) is 0 Å². The summed E-state index contributed by atoms with van der Waals surface area (Å²) < 4.78 is 5.78. The van der Waals surface area contributed by atoms with Crippen molar-refractivity contribution in [2.24, 2.45) is 0 Å². The van der Waals surface area contributed by atoms with Gasteiger partial charge in [0.25, 0.3) is 5.91 Å². The van der Waals surface area contributed by atoms with E-state index in [1.54, 1.807) is 36.4 Å². The van der Waals surface area contributed by atoms with Gasteiger partial charge >= 0.3 is 0 Å². The fraction of sp³-hybridized carbons (Fsp3) is 0.250. The van der Waals surface area contributed by atoms with Crippen molar-refractivity contribution >= 4 is 29.3 Å². The number of imide groups is 1. The van der Waals surface area contributed by atoms with E-state index in [4.69, 9.17) is 16.3 Å². The van der Waals surface area contributed by atoms with Crippen molar-refractivity contribution < 1.29 is 19.1 Å². The van der Waals surface area contributed by atoms with Crippen molar-refractivity contribution in [1.82, 2.24) is 10.2 Å². The average Bonchev–Trinajstić information content (AvgIpc) is 3.00. The number of rotatable bonds is 7. The topological polar surface area (TPSA) is 75.7 Å². The molecule has 3 amide bonds. The van der Waals surface area contributed by atoms with Gasteiger partial charge in [-0.1, -0.05) is 35.9 Å². The first-order valence-corrected chi connectivity index (χ1v) is 9.00. The maximum atomic E-state index is 12.5. The number of halogens is 1. The highest BCUT2D eigenvalue weighted by Crippen LogP contribution is 2.20. The summed E-state index contributed by atoms with van der Waals surface area (Å²) in [5, 5.41) is 3.38. The lowest BCUT2D eigenvalue weighted by molar-refractivity contribution is -0.138. The number of carbonyl (C=O) groups is 3. The minimum Gasteiger partial charge on any atom is -0.488 e. The zero-order valence-corrected chi connectivity index (χ0v) is 15.4. The Bertz CT molecular complexity index is 835. The van der Waals surface area contributed by atoms with Crippen LogP contribution in [0.4, 0.5) is 0 Å². The third kappa shape index (κ3) is 4.86. The SMILES string of the molecule is O=C(NCCN1C(=O)CCC1=O)c1ccccc1OCc1ccc(Cl)cc1. The van der Waals surface area contributed by atoms with Crippen LogP contribution < -0.4 is 10.1 Å². The zero-order chi connectivity index (χ0) is 19.2. The minimum atomic E-state index is -0.319. The highest BCUT2D eigenvalue weighted by molar-refractivity contribution is 6.30. The molecule has 140 valence electrons. The Kier molecular flexibility index (Phi) is 6.08. The standard InChI is InChI=1S/C20H19ClN2O4/c21-15-7-5-14(6-8-15)13-27-17-4-2-1-3-16(17)20(26)22-11-12-23-18(24)9-10-19(23)25/h1-8H,9-13H2,(H,22,26). The second-order valence-electron chi connectivity index (χ2n) is 6.11. The van der Waals surface area contributed by atoms with Gasteiger partial charge in [-0.05, 0) is 29.8 Å². The van der Waals surface area contributed by atoms with Gasteiger partial charge in [0.2, 0.25) is 11.8 Å². The van der Waals surface area contributed by atoms with Crippen molar-refractivity contribution in [2.45, 2.75) is 19.4 Å². The summed E-state index contributed by atoms with van der Waals surface area (Å²) in [4.78, 5) is 36.8. The Balaban J connectivity index is 1.57. The molecule has 7 heteroatoms. The summed E-state index contributed by atoms with van der Waals surface area (Å²) in [6, 6.07) is 14.2. The molecule has 6 nitrogen and oxygen atoms in total. The van der Waals surface area contributed by atoms with E-state index in [0.717, 1.165) is 5.56 Å². The van der Waals surface area contributed by atoms with Crippen molar-refractivity contribution in [1.29, 1.82) is 0 Å². The first-order valence-electron chi connectivity index (χ1n) is 8.62. The molecule has 0 radical (unpaired) electrons. The molecule has 0 atom stereocenters. The molecule has 1 heterocycles. The number of carbonyl (C=O) groups excluding carboxylic acids is 3. The minimum absolute atomic E-state index is 0.178. The second kappa shape index (κ2) is 8.68. The number of hydrogen-bond donors (Lipinski definition) is 1. The lowest BCUT2D eigenvalue weighted by Crippen LogP contribution is -2.37. The number of amides is 3. The molecule has 0 aliphatic carbocycles. The van der Waals surface area contributed by atoms with Crippen LogP contribution in [0.2, 0.25) is 5.02 Å². The predicted molar refractivity (Wildman–Crippen MR) is 101 cm³/mol. The molecule has 0 aromatic heterocycles. The second-order valence-corrected chi connectivity index (χ2v) is 6.54. The number of nitrogens with zero attached hydrogens (tertiary/aromatic N) is 1. The molecule has 0 spiro atoms. The highest BCUT2D eigenvalue weighted by Gasteiger charge is 2.28. The van der Waals surface area contributed by atoms with E-state index >= 15 is 0 Å². The van der Waals surface area contributed by atoms with E-state index in [1.807, 2.05) is 12.1 Å². The van der Waals surface area contributed by atoms with E-state index in [-0.39, 0.29) is 43.7 Å². The summed E-state index contributed by atoms with van der Waals surface area (Å²) in [7, 11) is 0. The first-order chi connectivity index (χ1) is 13.0. The molecule has 0 bridgehead atoms. The highest BCUT2D eigenvalue weighted by atomic mass is 35.5. The lowest BCUT2D eigenvalue weighted by Gasteiger charge is -2.15. The van der Waals surface area contributed by atoms with Crippen LogP contribution in [0.1, 0.15) is 28.8 Å². The molecule has 1 aliphatic rings. The summed E-state index contributed by atoms with van der Waals surface area (Å²) in [6.45, 7) is 0.678. The molecule has 3 rings (SSSR count). The van der Waals surface area contributed by atoms with Gasteiger partial charge in [-0.15, -0.1) is 0 Å². The quantitative estimate of drug-likeness (QED) is 0.742. The molecule has 1 N–H and O–H groups in total. The molecular weight excluding hydrogens is 368 g/mol. The molecule has 1 fully saturated rings. The van der Waals surface area contributed by atoms with Gasteiger partial charge in [0, 0.05) is 31.0 Å². The molecule has 1 aliphatic heterocycles. The third-order valence-corrected chi connectivity index (χ3v) is 4.47. The van der Waals surface area contributed by atoms with Crippen LogP contribution in [-0.4, -0.2) is 35.7 Å². The van der Waals surface area contributed by atoms with Crippen molar-refractivity contribution in [3.63, 3.8) is 0 Å². The summed E-state index contributed by atoms with van der Waals surface area (Å²) in [6.07, 6.45) is 0.488.